The first-order valence-corrected chi connectivity index (χ1v) is 4.18. The average molecular weight is 243 g/mol. The SMILES string of the molecule is C=C(C(N)Nc1n[nH]c(N)c1[N+](=O)[O-])[N+](=O)[O-]. The standard InChI is InChI=1S/C6H9N7O4/c1-2(12(14)15)4(7)9-6-3(13(16)17)5(8)10-11-6/h4H,1,7H2,(H4,8,9,10,11). The largest absolute Gasteiger partial charge is 0.378 e. The number of nitro groups is 2. The molecule has 11 heteroatoms. The van der Waals surface area contributed by atoms with Crippen LogP contribution in [0.3, 0.4) is 0 Å². The van der Waals surface area contributed by atoms with E-state index < -0.39 is 27.4 Å². The monoisotopic (exact) mass is 243 g/mol. The van der Waals surface area contributed by atoms with Crippen molar-refractivity contribution in [1.29, 1.82) is 0 Å². The number of rotatable bonds is 5. The van der Waals surface area contributed by atoms with Gasteiger partial charge in [-0.3, -0.25) is 25.3 Å². The first kappa shape index (κ1) is 12.4. The van der Waals surface area contributed by atoms with Gasteiger partial charge in [-0.25, -0.2) is 0 Å². The third kappa shape index (κ3) is 2.46. The molecule has 1 aromatic heterocycles. The molecular weight excluding hydrogens is 234 g/mol. The number of H-pyrrole nitrogens is 1. The molecule has 1 atom stereocenters. The van der Waals surface area contributed by atoms with Crippen LogP contribution in [0.4, 0.5) is 17.3 Å². The topological polar surface area (TPSA) is 179 Å². The minimum atomic E-state index is -1.31. The van der Waals surface area contributed by atoms with Crippen molar-refractivity contribution in [2.45, 2.75) is 6.17 Å². The van der Waals surface area contributed by atoms with Crippen molar-refractivity contribution in [3.8, 4) is 0 Å². The van der Waals surface area contributed by atoms with E-state index in [-0.39, 0.29) is 11.6 Å². The molecule has 6 N–H and O–H groups in total. The van der Waals surface area contributed by atoms with E-state index in [1.54, 1.807) is 0 Å². The van der Waals surface area contributed by atoms with Gasteiger partial charge in [0, 0.05) is 0 Å². The Morgan fingerprint density at radius 2 is 2.12 bits per heavy atom. The number of hydrogen-bond acceptors (Lipinski definition) is 8. The van der Waals surface area contributed by atoms with Gasteiger partial charge < -0.3 is 16.8 Å². The first-order chi connectivity index (χ1) is 7.84. The molecule has 0 aliphatic heterocycles. The van der Waals surface area contributed by atoms with Crippen molar-refractivity contribution in [3.05, 3.63) is 32.5 Å². The quantitative estimate of drug-likeness (QED) is 0.300. The molecule has 0 fully saturated rings. The van der Waals surface area contributed by atoms with Gasteiger partial charge in [-0.15, -0.1) is 5.10 Å². The third-order valence-electron chi connectivity index (χ3n) is 1.84. The van der Waals surface area contributed by atoms with Crippen molar-refractivity contribution in [3.63, 3.8) is 0 Å². The number of nitrogens with one attached hydrogen (secondary N) is 2. The zero-order chi connectivity index (χ0) is 13.2. The summed E-state index contributed by atoms with van der Waals surface area (Å²) in [5, 5.41) is 28.9. The van der Waals surface area contributed by atoms with Gasteiger partial charge in [0.2, 0.25) is 11.6 Å². The highest BCUT2D eigenvalue weighted by Gasteiger charge is 2.27. The van der Waals surface area contributed by atoms with E-state index in [2.05, 4.69) is 22.1 Å². The minimum absolute atomic E-state index is 0.281. The second kappa shape index (κ2) is 4.44. The van der Waals surface area contributed by atoms with Crippen molar-refractivity contribution in [2.75, 3.05) is 11.1 Å². The summed E-state index contributed by atoms with van der Waals surface area (Å²) in [5.74, 6) is -0.570. The summed E-state index contributed by atoms with van der Waals surface area (Å²) in [6.07, 6.45) is -1.31. The first-order valence-electron chi connectivity index (χ1n) is 4.18. The van der Waals surface area contributed by atoms with Crippen molar-refractivity contribution >= 4 is 17.3 Å². The van der Waals surface area contributed by atoms with Crippen LogP contribution in [0.2, 0.25) is 0 Å². The Bertz CT molecular complexity index is 481. The van der Waals surface area contributed by atoms with E-state index in [1.807, 2.05) is 0 Å². The lowest BCUT2D eigenvalue weighted by Gasteiger charge is -2.08. The second-order valence-electron chi connectivity index (χ2n) is 2.96. The van der Waals surface area contributed by atoms with Gasteiger partial charge in [0.25, 0.3) is 5.70 Å². The summed E-state index contributed by atoms with van der Waals surface area (Å²) in [5.41, 5.74) is 9.53. The molecule has 1 aromatic rings. The Labute approximate surface area is 93.8 Å². The van der Waals surface area contributed by atoms with E-state index in [0.29, 0.717) is 0 Å². The molecule has 0 saturated carbocycles. The van der Waals surface area contributed by atoms with Crippen LogP contribution in [0.25, 0.3) is 0 Å². The number of hydrogen-bond donors (Lipinski definition) is 4. The summed E-state index contributed by atoms with van der Waals surface area (Å²) >= 11 is 0. The highest BCUT2D eigenvalue weighted by atomic mass is 16.6. The molecule has 0 saturated heterocycles. The average Bonchev–Trinajstić information content (AvgIpc) is 2.58. The lowest BCUT2D eigenvalue weighted by atomic mass is 10.4. The zero-order valence-electron chi connectivity index (χ0n) is 8.41. The summed E-state index contributed by atoms with van der Waals surface area (Å²) in [7, 11) is 0. The number of nitrogens with zero attached hydrogens (tertiary/aromatic N) is 3. The maximum Gasteiger partial charge on any atom is 0.354 e. The summed E-state index contributed by atoms with van der Waals surface area (Å²) in [6, 6.07) is 0. The normalized spacial score (nSPS) is 11.8. The Kier molecular flexibility index (Phi) is 3.23. The fraction of sp³-hybridized carbons (Fsp3) is 0.167. The fourth-order valence-corrected chi connectivity index (χ4v) is 0.979. The molecule has 0 radical (unpaired) electrons. The fourth-order valence-electron chi connectivity index (χ4n) is 0.979. The highest BCUT2D eigenvalue weighted by molar-refractivity contribution is 5.68. The van der Waals surface area contributed by atoms with Gasteiger partial charge in [-0.2, -0.15) is 0 Å². The molecule has 11 nitrogen and oxygen atoms in total. The van der Waals surface area contributed by atoms with Crippen LogP contribution in [0.1, 0.15) is 0 Å². The maximum absolute atomic E-state index is 10.6. The van der Waals surface area contributed by atoms with E-state index in [9.17, 15) is 20.2 Å². The van der Waals surface area contributed by atoms with E-state index in [1.165, 1.54) is 0 Å². The molecular formula is C6H9N7O4. The number of nitrogen functional groups attached to an aromatic ring is 1. The van der Waals surface area contributed by atoms with Crippen LogP contribution >= 0.6 is 0 Å². The van der Waals surface area contributed by atoms with Crippen molar-refractivity contribution in [1.82, 2.24) is 10.2 Å². The van der Waals surface area contributed by atoms with Gasteiger partial charge in [0.15, 0.2) is 6.17 Å². The Morgan fingerprint density at radius 1 is 1.53 bits per heavy atom. The highest BCUT2D eigenvalue weighted by Crippen LogP contribution is 2.28. The molecule has 0 aliphatic carbocycles. The molecule has 0 amide bonds. The molecule has 1 heterocycles. The smallest absolute Gasteiger partial charge is 0.354 e. The zero-order valence-corrected chi connectivity index (χ0v) is 8.41. The van der Waals surface area contributed by atoms with Gasteiger partial charge >= 0.3 is 5.69 Å². The van der Waals surface area contributed by atoms with Crippen LogP contribution < -0.4 is 16.8 Å². The molecule has 0 aliphatic rings. The predicted molar refractivity (Wildman–Crippen MR) is 57.4 cm³/mol. The van der Waals surface area contributed by atoms with Gasteiger partial charge in [0.05, 0.1) is 9.85 Å². The van der Waals surface area contributed by atoms with Gasteiger partial charge in [-0.1, -0.05) is 0 Å². The molecule has 92 valence electrons. The summed E-state index contributed by atoms with van der Waals surface area (Å²) in [4.78, 5) is 19.4. The van der Waals surface area contributed by atoms with Gasteiger partial charge in [-0.05, 0) is 6.58 Å². The van der Waals surface area contributed by atoms with Crippen LogP contribution in [-0.4, -0.2) is 26.2 Å². The van der Waals surface area contributed by atoms with E-state index in [0.717, 1.165) is 0 Å². The lowest BCUT2D eigenvalue weighted by molar-refractivity contribution is -0.428. The van der Waals surface area contributed by atoms with E-state index >= 15 is 0 Å². The minimum Gasteiger partial charge on any atom is -0.378 e. The Morgan fingerprint density at radius 3 is 2.59 bits per heavy atom. The molecule has 1 rings (SSSR count). The van der Waals surface area contributed by atoms with Gasteiger partial charge in [0.1, 0.15) is 0 Å². The second-order valence-corrected chi connectivity index (χ2v) is 2.96. The van der Waals surface area contributed by atoms with Crippen LogP contribution in [0, 0.1) is 20.2 Å². The lowest BCUT2D eigenvalue weighted by Crippen LogP contribution is -2.34. The number of nitrogens with two attached hydrogens (primary N) is 2. The van der Waals surface area contributed by atoms with Crippen LogP contribution in [-0.2, 0) is 0 Å². The molecule has 1 unspecified atom stereocenters. The summed E-state index contributed by atoms with van der Waals surface area (Å²) < 4.78 is 0. The van der Waals surface area contributed by atoms with Crippen molar-refractivity contribution in [2.24, 2.45) is 5.73 Å². The Balaban J connectivity index is 2.93. The van der Waals surface area contributed by atoms with E-state index in [4.69, 9.17) is 11.5 Å². The number of anilines is 2. The molecule has 17 heavy (non-hydrogen) atoms. The third-order valence-corrected chi connectivity index (χ3v) is 1.84. The molecule has 0 bridgehead atoms. The maximum atomic E-state index is 10.6. The van der Waals surface area contributed by atoms with Crippen LogP contribution in [0.15, 0.2) is 12.3 Å². The van der Waals surface area contributed by atoms with Crippen LogP contribution in [0.5, 0.6) is 0 Å². The number of aromatic nitrogens is 2. The summed E-state index contributed by atoms with van der Waals surface area (Å²) in [6.45, 7) is 3.11. The molecule has 0 spiro atoms. The Hall–Kier alpha value is -2.69. The number of aromatic amines is 1. The molecule has 0 aromatic carbocycles. The van der Waals surface area contributed by atoms with Crippen molar-refractivity contribution < 1.29 is 9.85 Å². The predicted octanol–water partition coefficient (Wildman–Crippen LogP) is -0.613.